The molecule has 0 aromatic heterocycles. The van der Waals surface area contributed by atoms with Crippen LogP contribution in [0.4, 0.5) is 5.69 Å². The van der Waals surface area contributed by atoms with E-state index in [4.69, 9.17) is 39.5 Å². The van der Waals surface area contributed by atoms with Crippen LogP contribution < -0.4 is 4.90 Å². The Morgan fingerprint density at radius 2 is 1.40 bits per heavy atom. The molecule has 35 heavy (non-hydrogen) atoms. The van der Waals surface area contributed by atoms with Gasteiger partial charge in [-0.3, -0.25) is 19.2 Å². The summed E-state index contributed by atoms with van der Waals surface area (Å²) in [6.45, 7) is 0. The van der Waals surface area contributed by atoms with Gasteiger partial charge in [-0.05, 0) is 30.3 Å². The van der Waals surface area contributed by atoms with Crippen molar-refractivity contribution in [2.45, 2.75) is 11.7 Å². The number of halogens is 3. The molecule has 0 radical (unpaired) electrons. The minimum atomic E-state index is -2.18. The summed E-state index contributed by atoms with van der Waals surface area (Å²) in [6, 6.07) is 17.2. The third-order valence-corrected chi connectivity index (χ3v) is 7.65. The Balaban J connectivity index is 1.57. The lowest BCUT2D eigenvalue weighted by Crippen LogP contribution is -2.51. The molecular formula is C26H14Cl3NO5. The van der Waals surface area contributed by atoms with E-state index in [1.54, 1.807) is 42.5 Å². The van der Waals surface area contributed by atoms with E-state index in [-0.39, 0.29) is 21.8 Å². The number of ether oxygens (including phenoxy) is 1. The van der Waals surface area contributed by atoms with E-state index in [2.05, 4.69) is 0 Å². The number of hydrogen-bond acceptors (Lipinski definition) is 5. The largest absolute Gasteiger partial charge is 0.349 e. The lowest BCUT2D eigenvalue weighted by Gasteiger charge is -2.27. The van der Waals surface area contributed by atoms with E-state index in [0.29, 0.717) is 15.6 Å². The quantitative estimate of drug-likeness (QED) is 0.333. The summed E-state index contributed by atoms with van der Waals surface area (Å²) in [5.74, 6) is -5.14. The fourth-order valence-corrected chi connectivity index (χ4v) is 6.10. The van der Waals surface area contributed by atoms with Gasteiger partial charge in [-0.15, -0.1) is 0 Å². The Labute approximate surface area is 214 Å². The number of amides is 2. The standard InChI is InChI=1S/C26H14Cl3NO5/c27-12-4-3-5-14(10-12)30-24(33)19-20(25(30)34)26(22(31)15-6-1-2-7-16(15)23(26)32)35-21(19)17-9-8-13(28)11-18(17)29/h1-11,19-21H/t19-,20+,21+/m1/s1. The van der Waals surface area contributed by atoms with Gasteiger partial charge in [0.25, 0.3) is 0 Å². The summed E-state index contributed by atoms with van der Waals surface area (Å²) < 4.78 is 6.22. The van der Waals surface area contributed by atoms with Crippen LogP contribution in [-0.2, 0) is 14.3 Å². The van der Waals surface area contributed by atoms with Crippen molar-refractivity contribution in [3.05, 3.63) is 98.5 Å². The van der Waals surface area contributed by atoms with Crippen molar-refractivity contribution in [3.63, 3.8) is 0 Å². The SMILES string of the molecule is O=C1[C@@H]2[C@@H](C(=O)N1c1cccc(Cl)c1)C1(O[C@H]2c2ccc(Cl)cc2Cl)C(=O)c2ccccc2C1=O. The van der Waals surface area contributed by atoms with Crippen LogP contribution in [0.1, 0.15) is 32.4 Å². The maximum Gasteiger partial charge on any atom is 0.241 e. The summed E-state index contributed by atoms with van der Waals surface area (Å²) in [4.78, 5) is 56.1. The molecule has 9 heteroatoms. The second-order valence-electron chi connectivity index (χ2n) is 8.64. The Bertz CT molecular complexity index is 1450. The van der Waals surface area contributed by atoms with Crippen LogP contribution in [0, 0.1) is 11.8 Å². The molecule has 2 amide bonds. The van der Waals surface area contributed by atoms with E-state index in [9.17, 15) is 19.2 Å². The average molecular weight is 527 g/mol. The average Bonchev–Trinajstić information content (AvgIpc) is 3.39. The number of fused-ring (bicyclic) bond motifs is 3. The first-order valence-electron chi connectivity index (χ1n) is 10.7. The van der Waals surface area contributed by atoms with Crippen molar-refractivity contribution in [1.82, 2.24) is 0 Å². The molecule has 174 valence electrons. The van der Waals surface area contributed by atoms with Gasteiger partial charge in [-0.25, -0.2) is 4.90 Å². The van der Waals surface area contributed by atoms with Crippen LogP contribution in [-0.4, -0.2) is 29.0 Å². The van der Waals surface area contributed by atoms with E-state index in [0.717, 1.165) is 4.90 Å². The second kappa shape index (κ2) is 7.73. The smallest absolute Gasteiger partial charge is 0.241 e. The summed E-state index contributed by atoms with van der Waals surface area (Å²) in [6.07, 6.45) is -1.13. The second-order valence-corrected chi connectivity index (χ2v) is 9.92. The summed E-state index contributed by atoms with van der Waals surface area (Å²) in [5, 5.41) is 0.872. The molecule has 2 saturated heterocycles. The molecule has 0 N–H and O–H groups in total. The van der Waals surface area contributed by atoms with Crippen LogP contribution in [0.25, 0.3) is 0 Å². The third kappa shape index (κ3) is 2.94. The van der Waals surface area contributed by atoms with Gasteiger partial charge in [0.15, 0.2) is 0 Å². The molecule has 3 atom stereocenters. The molecule has 2 heterocycles. The lowest BCUT2D eigenvalue weighted by molar-refractivity contribution is -0.127. The maximum absolute atomic E-state index is 13.9. The highest BCUT2D eigenvalue weighted by Crippen LogP contribution is 2.58. The van der Waals surface area contributed by atoms with Crippen LogP contribution in [0.3, 0.4) is 0 Å². The van der Waals surface area contributed by atoms with Crippen LogP contribution in [0.5, 0.6) is 0 Å². The Morgan fingerprint density at radius 1 is 0.743 bits per heavy atom. The normalized spacial score (nSPS) is 24.4. The van der Waals surface area contributed by atoms with Gasteiger partial charge in [0, 0.05) is 31.8 Å². The molecule has 1 spiro atoms. The number of Topliss-reactive ketones (excluding diaryl/α,β-unsaturated/α-hetero) is 2. The third-order valence-electron chi connectivity index (χ3n) is 6.85. The number of carbonyl (C=O) groups is 4. The van der Waals surface area contributed by atoms with Crippen molar-refractivity contribution in [2.24, 2.45) is 11.8 Å². The summed E-state index contributed by atoms with van der Waals surface area (Å²) in [5.41, 5.74) is -1.27. The zero-order valence-corrected chi connectivity index (χ0v) is 20.0. The molecule has 3 aliphatic rings. The molecule has 2 fully saturated rings. The highest BCUT2D eigenvalue weighted by molar-refractivity contribution is 6.38. The number of imide groups is 1. The van der Waals surface area contributed by atoms with Gasteiger partial charge in [-0.2, -0.15) is 0 Å². The predicted molar refractivity (Wildman–Crippen MR) is 129 cm³/mol. The van der Waals surface area contributed by atoms with Crippen molar-refractivity contribution >= 4 is 63.9 Å². The van der Waals surface area contributed by atoms with Gasteiger partial charge in [0.2, 0.25) is 29.0 Å². The van der Waals surface area contributed by atoms with Gasteiger partial charge < -0.3 is 4.74 Å². The summed E-state index contributed by atoms with van der Waals surface area (Å²) >= 11 is 18.6. The van der Waals surface area contributed by atoms with Crippen LogP contribution in [0.15, 0.2) is 66.7 Å². The zero-order chi connectivity index (χ0) is 24.6. The van der Waals surface area contributed by atoms with Gasteiger partial charge in [0.05, 0.1) is 23.6 Å². The Kier molecular flexibility index (Phi) is 4.96. The molecule has 3 aromatic carbocycles. The molecule has 0 unspecified atom stereocenters. The molecular weight excluding hydrogens is 513 g/mol. The van der Waals surface area contributed by atoms with Crippen molar-refractivity contribution in [1.29, 1.82) is 0 Å². The van der Waals surface area contributed by atoms with Gasteiger partial charge in [-0.1, -0.05) is 71.2 Å². The predicted octanol–water partition coefficient (Wildman–Crippen LogP) is 5.34. The number of ketones is 2. The molecule has 0 bridgehead atoms. The fourth-order valence-electron chi connectivity index (χ4n) is 5.40. The van der Waals surface area contributed by atoms with E-state index in [1.165, 1.54) is 24.3 Å². The maximum atomic E-state index is 13.9. The fraction of sp³-hybridized carbons (Fsp3) is 0.154. The van der Waals surface area contributed by atoms with Gasteiger partial charge in [0.1, 0.15) is 0 Å². The number of benzene rings is 3. The van der Waals surface area contributed by atoms with Crippen molar-refractivity contribution in [2.75, 3.05) is 4.90 Å². The zero-order valence-electron chi connectivity index (χ0n) is 17.7. The first-order chi connectivity index (χ1) is 16.8. The monoisotopic (exact) mass is 525 g/mol. The highest BCUT2D eigenvalue weighted by atomic mass is 35.5. The minimum absolute atomic E-state index is 0.153. The molecule has 6 rings (SSSR count). The Morgan fingerprint density at radius 3 is 2.03 bits per heavy atom. The number of rotatable bonds is 2. The number of hydrogen-bond donors (Lipinski definition) is 0. The minimum Gasteiger partial charge on any atom is -0.349 e. The van der Waals surface area contributed by atoms with Crippen molar-refractivity contribution < 1.29 is 23.9 Å². The van der Waals surface area contributed by atoms with E-state index in [1.807, 2.05) is 0 Å². The first kappa shape index (κ1) is 22.4. The Hall–Kier alpha value is -3.03. The lowest BCUT2D eigenvalue weighted by atomic mass is 9.77. The number of nitrogens with zero attached hydrogens (tertiary/aromatic N) is 1. The molecule has 2 aliphatic heterocycles. The van der Waals surface area contributed by atoms with E-state index < -0.39 is 46.9 Å². The molecule has 3 aromatic rings. The van der Waals surface area contributed by atoms with Crippen LogP contribution >= 0.6 is 34.8 Å². The van der Waals surface area contributed by atoms with Crippen molar-refractivity contribution in [3.8, 4) is 0 Å². The first-order valence-corrected chi connectivity index (χ1v) is 11.8. The van der Waals surface area contributed by atoms with E-state index >= 15 is 0 Å². The molecule has 6 nitrogen and oxygen atoms in total. The molecule has 0 saturated carbocycles. The van der Waals surface area contributed by atoms with Crippen LogP contribution in [0.2, 0.25) is 15.1 Å². The highest BCUT2D eigenvalue weighted by Gasteiger charge is 2.74. The van der Waals surface area contributed by atoms with Gasteiger partial charge >= 0.3 is 0 Å². The number of carbonyl (C=O) groups excluding carboxylic acids is 4. The topological polar surface area (TPSA) is 80.8 Å². The number of anilines is 1. The summed E-state index contributed by atoms with van der Waals surface area (Å²) in [7, 11) is 0. The molecule has 1 aliphatic carbocycles.